The van der Waals surface area contributed by atoms with Gasteiger partial charge in [0.1, 0.15) is 5.82 Å². The number of hydrogen-bond acceptors (Lipinski definition) is 9. The van der Waals surface area contributed by atoms with Crippen LogP contribution in [0.2, 0.25) is 0 Å². The van der Waals surface area contributed by atoms with Crippen LogP contribution in [0.3, 0.4) is 0 Å². The number of nitrogens with zero attached hydrogens (tertiary/aromatic N) is 6. The fraction of sp³-hybridized carbons (Fsp3) is 0.182. The first kappa shape index (κ1) is 21.0. The maximum absolute atomic E-state index is 12.9. The van der Waals surface area contributed by atoms with Crippen molar-refractivity contribution in [1.82, 2.24) is 24.5 Å². The zero-order valence-electron chi connectivity index (χ0n) is 17.6. The second-order valence-electron chi connectivity index (χ2n) is 7.44. The lowest BCUT2D eigenvalue weighted by atomic mass is 10.2. The Morgan fingerprint density at radius 3 is 2.18 bits per heavy atom. The highest BCUT2D eigenvalue weighted by Gasteiger charge is 2.29. The topological polar surface area (TPSA) is 131 Å². The minimum Gasteiger partial charge on any atom is -0.414 e. The second-order valence-corrected chi connectivity index (χ2v) is 9.38. The molecule has 0 spiro atoms. The molecule has 1 fully saturated rings. The van der Waals surface area contributed by atoms with E-state index in [1.165, 1.54) is 4.31 Å². The van der Waals surface area contributed by atoms with Gasteiger partial charge in [-0.15, -0.1) is 10.2 Å². The van der Waals surface area contributed by atoms with Crippen molar-refractivity contribution in [2.24, 2.45) is 0 Å². The smallest absolute Gasteiger partial charge is 0.270 e. The van der Waals surface area contributed by atoms with E-state index in [-0.39, 0.29) is 11.7 Å². The molecule has 2 aromatic carbocycles. The quantitative estimate of drug-likeness (QED) is 0.473. The van der Waals surface area contributed by atoms with E-state index >= 15 is 0 Å². The summed E-state index contributed by atoms with van der Waals surface area (Å²) in [6, 6.07) is 17.8. The Balaban J connectivity index is 1.34. The molecule has 1 aliphatic rings. The van der Waals surface area contributed by atoms with E-state index in [1.807, 2.05) is 35.2 Å². The van der Waals surface area contributed by atoms with Crippen LogP contribution in [0.25, 0.3) is 23.0 Å². The molecule has 33 heavy (non-hydrogen) atoms. The van der Waals surface area contributed by atoms with E-state index < -0.39 is 10.0 Å². The third kappa shape index (κ3) is 4.15. The first-order valence-corrected chi connectivity index (χ1v) is 11.8. The molecule has 168 valence electrons. The fourth-order valence-corrected chi connectivity index (χ4v) is 5.06. The van der Waals surface area contributed by atoms with E-state index in [9.17, 15) is 8.42 Å². The van der Waals surface area contributed by atoms with Gasteiger partial charge >= 0.3 is 0 Å². The van der Waals surface area contributed by atoms with Crippen LogP contribution < -0.4 is 10.6 Å². The number of nitrogens with two attached hydrogens (primary N) is 1. The first-order valence-electron chi connectivity index (χ1n) is 10.3. The predicted molar refractivity (Wildman–Crippen MR) is 123 cm³/mol. The standard InChI is InChI=1S/C22H21N7O3S/c23-20-19(22-27-26-21(32-22)16-7-3-1-4-8-16)25-18(15-24-20)28-11-13-29(14-12-28)33(30,31)17-9-5-2-6-10-17/h1-10,15H,11-14H2,(H2,23,24). The highest BCUT2D eigenvalue weighted by Crippen LogP contribution is 2.28. The van der Waals surface area contributed by atoms with Crippen molar-refractivity contribution in [3.05, 3.63) is 66.9 Å². The Morgan fingerprint density at radius 2 is 1.48 bits per heavy atom. The summed E-state index contributed by atoms with van der Waals surface area (Å²) in [7, 11) is -3.53. The van der Waals surface area contributed by atoms with Gasteiger partial charge in [-0.3, -0.25) is 0 Å². The summed E-state index contributed by atoms with van der Waals surface area (Å²) >= 11 is 0. The van der Waals surface area contributed by atoms with Gasteiger partial charge in [-0.2, -0.15) is 4.31 Å². The van der Waals surface area contributed by atoms with Crippen molar-refractivity contribution in [2.75, 3.05) is 36.8 Å². The molecular formula is C22H21N7O3S. The summed E-state index contributed by atoms with van der Waals surface area (Å²) in [5, 5.41) is 8.17. The second kappa shape index (κ2) is 8.60. The molecule has 0 atom stereocenters. The van der Waals surface area contributed by atoms with Gasteiger partial charge < -0.3 is 15.1 Å². The Kier molecular flexibility index (Phi) is 5.48. The van der Waals surface area contributed by atoms with Crippen molar-refractivity contribution in [1.29, 1.82) is 0 Å². The highest BCUT2D eigenvalue weighted by atomic mass is 32.2. The largest absolute Gasteiger partial charge is 0.414 e. The Labute approximate surface area is 190 Å². The minimum absolute atomic E-state index is 0.172. The predicted octanol–water partition coefficient (Wildman–Crippen LogP) is 2.29. The fourth-order valence-electron chi connectivity index (χ4n) is 3.61. The Morgan fingerprint density at radius 1 is 0.848 bits per heavy atom. The lowest BCUT2D eigenvalue weighted by molar-refractivity contribution is 0.383. The van der Waals surface area contributed by atoms with Gasteiger partial charge in [0.15, 0.2) is 11.5 Å². The average Bonchev–Trinajstić information content (AvgIpc) is 3.36. The molecule has 0 radical (unpaired) electrons. The number of sulfonamides is 1. The Hall–Kier alpha value is -3.83. The van der Waals surface area contributed by atoms with Crippen LogP contribution in [0.5, 0.6) is 0 Å². The number of aromatic nitrogens is 4. The molecular weight excluding hydrogens is 442 g/mol. The molecule has 0 unspecified atom stereocenters. The van der Waals surface area contributed by atoms with Crippen LogP contribution in [0.1, 0.15) is 0 Å². The molecule has 0 bridgehead atoms. The summed E-state index contributed by atoms with van der Waals surface area (Å²) in [5.41, 5.74) is 7.11. The molecule has 4 aromatic rings. The SMILES string of the molecule is Nc1ncc(N2CCN(S(=O)(=O)c3ccccc3)CC2)nc1-c1nnc(-c2ccccc2)o1. The van der Waals surface area contributed by atoms with Crippen molar-refractivity contribution in [3.8, 4) is 23.0 Å². The third-order valence-corrected chi connectivity index (χ3v) is 7.29. The highest BCUT2D eigenvalue weighted by molar-refractivity contribution is 7.89. The van der Waals surface area contributed by atoms with Crippen molar-refractivity contribution >= 4 is 21.7 Å². The van der Waals surface area contributed by atoms with Crippen LogP contribution in [0.15, 0.2) is 76.2 Å². The average molecular weight is 464 g/mol. The number of piperazine rings is 1. The van der Waals surface area contributed by atoms with Gasteiger partial charge in [0.2, 0.25) is 15.9 Å². The van der Waals surface area contributed by atoms with E-state index in [0.29, 0.717) is 48.5 Å². The lowest BCUT2D eigenvalue weighted by Crippen LogP contribution is -2.49. The van der Waals surface area contributed by atoms with Crippen molar-refractivity contribution in [2.45, 2.75) is 4.90 Å². The summed E-state index contributed by atoms with van der Waals surface area (Å²) in [6.07, 6.45) is 1.56. The molecule has 1 saturated heterocycles. The molecule has 0 saturated carbocycles. The van der Waals surface area contributed by atoms with Gasteiger partial charge in [0, 0.05) is 31.7 Å². The third-order valence-electron chi connectivity index (χ3n) is 5.38. The monoisotopic (exact) mass is 463 g/mol. The maximum Gasteiger partial charge on any atom is 0.270 e. The molecule has 1 aliphatic heterocycles. The molecule has 2 aromatic heterocycles. The van der Waals surface area contributed by atoms with Gasteiger partial charge in [0.05, 0.1) is 11.1 Å². The number of nitrogen functional groups attached to an aromatic ring is 1. The van der Waals surface area contributed by atoms with Gasteiger partial charge in [-0.25, -0.2) is 18.4 Å². The summed E-state index contributed by atoms with van der Waals surface area (Å²) in [6.45, 7) is 1.58. The van der Waals surface area contributed by atoms with E-state index in [2.05, 4.69) is 20.2 Å². The molecule has 0 aliphatic carbocycles. The normalized spacial score (nSPS) is 15.0. The maximum atomic E-state index is 12.9. The molecule has 10 nitrogen and oxygen atoms in total. The summed E-state index contributed by atoms with van der Waals surface area (Å²) < 4.78 is 33.0. The van der Waals surface area contributed by atoms with Gasteiger partial charge in [-0.1, -0.05) is 36.4 Å². The molecule has 11 heteroatoms. The van der Waals surface area contributed by atoms with Crippen LogP contribution in [0.4, 0.5) is 11.6 Å². The van der Waals surface area contributed by atoms with Crippen LogP contribution in [-0.2, 0) is 10.0 Å². The first-order chi connectivity index (χ1) is 16.0. The number of anilines is 2. The molecule has 5 rings (SSSR count). The zero-order chi connectivity index (χ0) is 22.8. The van der Waals surface area contributed by atoms with Crippen LogP contribution in [-0.4, -0.2) is 59.1 Å². The minimum atomic E-state index is -3.53. The molecule has 0 amide bonds. The summed E-state index contributed by atoms with van der Waals surface area (Å²) in [5.74, 6) is 1.27. The molecule has 2 N–H and O–H groups in total. The van der Waals surface area contributed by atoms with E-state index in [1.54, 1.807) is 36.5 Å². The summed E-state index contributed by atoms with van der Waals surface area (Å²) in [4.78, 5) is 11.1. The van der Waals surface area contributed by atoms with Gasteiger partial charge in [0.25, 0.3) is 5.89 Å². The van der Waals surface area contributed by atoms with E-state index in [0.717, 1.165) is 5.56 Å². The number of benzene rings is 2. The zero-order valence-corrected chi connectivity index (χ0v) is 18.4. The number of hydrogen-bond donors (Lipinski definition) is 1. The van der Waals surface area contributed by atoms with Gasteiger partial charge in [-0.05, 0) is 24.3 Å². The van der Waals surface area contributed by atoms with Crippen molar-refractivity contribution < 1.29 is 12.8 Å². The Bertz CT molecular complexity index is 1350. The molecule has 3 heterocycles. The van der Waals surface area contributed by atoms with Crippen LogP contribution >= 0.6 is 0 Å². The lowest BCUT2D eigenvalue weighted by Gasteiger charge is -2.34. The van der Waals surface area contributed by atoms with E-state index in [4.69, 9.17) is 10.2 Å². The van der Waals surface area contributed by atoms with Crippen molar-refractivity contribution in [3.63, 3.8) is 0 Å². The van der Waals surface area contributed by atoms with Crippen LogP contribution in [0, 0.1) is 0 Å². The number of rotatable bonds is 5.